The standard InChI is InChI=1S/C12H15NO2S.ClH.Pt/c1-3-4-5-10-13-16(14,15)12-8-6-11(2)7-9-12;;/h3,6-10H,1,4-5H2,2H3;1H;/p-1. The topological polar surface area (TPSA) is 46.5 Å². The van der Waals surface area contributed by atoms with E-state index in [0.717, 1.165) is 12.0 Å². The zero-order chi connectivity index (χ0) is 12.0. The monoisotopic (exact) mass is 467 g/mol. The molecule has 0 atom stereocenters. The summed E-state index contributed by atoms with van der Waals surface area (Å²) in [4.78, 5) is 0.230. The molecule has 0 aliphatic rings. The number of hydrogen-bond donors (Lipinski definition) is 0. The predicted octanol–water partition coefficient (Wildman–Crippen LogP) is -0.278. The third-order valence-corrected chi connectivity index (χ3v) is 3.33. The minimum Gasteiger partial charge on any atom is -1.00 e. The Morgan fingerprint density at radius 1 is 1.22 bits per heavy atom. The molecule has 0 N–H and O–H groups in total. The van der Waals surface area contributed by atoms with Crippen molar-refractivity contribution in [1.29, 1.82) is 0 Å². The van der Waals surface area contributed by atoms with E-state index in [9.17, 15) is 8.42 Å². The van der Waals surface area contributed by atoms with Crippen LogP contribution in [0.15, 0.2) is 46.2 Å². The van der Waals surface area contributed by atoms with Gasteiger partial charge in [0.2, 0.25) is 0 Å². The number of allylic oxidation sites excluding steroid dienone is 1. The van der Waals surface area contributed by atoms with E-state index < -0.39 is 10.0 Å². The number of sulfonamides is 1. The first-order valence-electron chi connectivity index (χ1n) is 5.02. The second-order valence-electron chi connectivity index (χ2n) is 3.44. The Bertz CT molecular complexity index is 483. The molecule has 3 nitrogen and oxygen atoms in total. The SMILES string of the molecule is C=CCCC=NS(=O)(=O)c1ccc(C)cc1.[Cl-].[Pt]. The molecule has 1 aromatic carbocycles. The van der Waals surface area contributed by atoms with Crippen molar-refractivity contribution in [2.75, 3.05) is 0 Å². The van der Waals surface area contributed by atoms with E-state index in [2.05, 4.69) is 11.0 Å². The number of nitrogens with zero attached hydrogens (tertiary/aromatic N) is 1. The van der Waals surface area contributed by atoms with Crippen LogP contribution in [-0.2, 0) is 31.1 Å². The average molecular weight is 468 g/mol. The van der Waals surface area contributed by atoms with Crippen molar-refractivity contribution in [3.05, 3.63) is 42.5 Å². The van der Waals surface area contributed by atoms with E-state index in [4.69, 9.17) is 0 Å². The van der Waals surface area contributed by atoms with E-state index >= 15 is 0 Å². The van der Waals surface area contributed by atoms with E-state index in [1.54, 1.807) is 30.3 Å². The van der Waals surface area contributed by atoms with Gasteiger partial charge in [-0.2, -0.15) is 12.8 Å². The van der Waals surface area contributed by atoms with Crippen LogP contribution in [-0.4, -0.2) is 14.6 Å². The van der Waals surface area contributed by atoms with Gasteiger partial charge < -0.3 is 12.4 Å². The van der Waals surface area contributed by atoms with Gasteiger partial charge in [-0.25, -0.2) is 0 Å². The van der Waals surface area contributed by atoms with Crippen LogP contribution in [0.2, 0.25) is 0 Å². The van der Waals surface area contributed by atoms with Gasteiger partial charge in [-0.15, -0.1) is 6.58 Å². The maximum absolute atomic E-state index is 11.7. The summed E-state index contributed by atoms with van der Waals surface area (Å²) in [6.07, 6.45) is 4.46. The quantitative estimate of drug-likeness (QED) is 0.340. The van der Waals surface area contributed by atoms with Crippen molar-refractivity contribution in [2.45, 2.75) is 24.7 Å². The first kappa shape index (κ1) is 19.9. The minimum atomic E-state index is -3.52. The molecule has 0 aliphatic heterocycles. The molecule has 0 amide bonds. The summed E-state index contributed by atoms with van der Waals surface area (Å²) in [6, 6.07) is 6.64. The molecular weight excluding hydrogens is 453 g/mol. The molecule has 0 heterocycles. The zero-order valence-corrected chi connectivity index (χ0v) is 13.8. The van der Waals surface area contributed by atoms with Gasteiger partial charge in [0.1, 0.15) is 0 Å². The summed E-state index contributed by atoms with van der Waals surface area (Å²) in [5.41, 5.74) is 1.02. The fraction of sp³-hybridized carbons (Fsp3) is 0.250. The fourth-order valence-corrected chi connectivity index (χ4v) is 2.02. The van der Waals surface area contributed by atoms with Crippen LogP contribution in [0.25, 0.3) is 0 Å². The number of benzene rings is 1. The first-order valence-corrected chi connectivity index (χ1v) is 6.46. The molecule has 0 aliphatic carbocycles. The van der Waals surface area contributed by atoms with Gasteiger partial charge in [-0.3, -0.25) is 0 Å². The van der Waals surface area contributed by atoms with Crippen LogP contribution in [0.3, 0.4) is 0 Å². The molecule has 0 saturated carbocycles. The number of rotatable bonds is 5. The Balaban J connectivity index is 0. The van der Waals surface area contributed by atoms with Crippen LogP contribution < -0.4 is 12.4 Å². The Morgan fingerprint density at radius 3 is 2.28 bits per heavy atom. The Hall–Kier alpha value is -0.442. The van der Waals surface area contributed by atoms with Gasteiger partial charge in [0.05, 0.1) is 4.90 Å². The van der Waals surface area contributed by atoms with Crippen molar-refractivity contribution in [2.24, 2.45) is 4.40 Å². The molecule has 0 aromatic heterocycles. The number of unbranched alkanes of at least 4 members (excludes halogenated alkanes) is 1. The van der Waals surface area contributed by atoms with Crippen LogP contribution in [0.4, 0.5) is 0 Å². The molecule has 0 bridgehead atoms. The van der Waals surface area contributed by atoms with Crippen molar-refractivity contribution in [1.82, 2.24) is 0 Å². The summed E-state index contributed by atoms with van der Waals surface area (Å²) in [7, 11) is -3.52. The molecule has 0 spiro atoms. The molecule has 6 heteroatoms. The molecule has 104 valence electrons. The average Bonchev–Trinajstić information content (AvgIpc) is 2.25. The molecule has 18 heavy (non-hydrogen) atoms. The van der Waals surface area contributed by atoms with Crippen molar-refractivity contribution in [3.8, 4) is 0 Å². The van der Waals surface area contributed by atoms with E-state index in [-0.39, 0.29) is 38.4 Å². The molecule has 0 fully saturated rings. The summed E-state index contributed by atoms with van der Waals surface area (Å²) < 4.78 is 27.0. The minimum absolute atomic E-state index is 0. The van der Waals surface area contributed by atoms with E-state index in [0.29, 0.717) is 6.42 Å². The van der Waals surface area contributed by atoms with Gasteiger partial charge in [0.25, 0.3) is 10.0 Å². The van der Waals surface area contributed by atoms with E-state index in [1.165, 1.54) is 6.21 Å². The van der Waals surface area contributed by atoms with Gasteiger partial charge in [-0.1, -0.05) is 23.8 Å². The molecular formula is C12H15ClNO2PtS-. The summed E-state index contributed by atoms with van der Waals surface area (Å²) >= 11 is 0. The van der Waals surface area contributed by atoms with Crippen molar-refractivity contribution >= 4 is 16.2 Å². The Kier molecular flexibility index (Phi) is 10.5. The number of aryl methyl sites for hydroxylation is 1. The van der Waals surface area contributed by atoms with Crippen LogP contribution in [0.5, 0.6) is 0 Å². The second-order valence-corrected chi connectivity index (χ2v) is 5.07. The van der Waals surface area contributed by atoms with E-state index in [1.807, 2.05) is 6.92 Å². The second kappa shape index (κ2) is 9.48. The fourth-order valence-electron chi connectivity index (χ4n) is 1.11. The normalized spacial score (nSPS) is 10.5. The van der Waals surface area contributed by atoms with Crippen molar-refractivity contribution < 1.29 is 41.9 Å². The number of hydrogen-bond acceptors (Lipinski definition) is 2. The van der Waals surface area contributed by atoms with Gasteiger partial charge in [0.15, 0.2) is 0 Å². The largest absolute Gasteiger partial charge is 1.00 e. The maximum atomic E-state index is 11.7. The molecule has 0 unspecified atom stereocenters. The summed E-state index contributed by atoms with van der Waals surface area (Å²) in [5.74, 6) is 0. The summed E-state index contributed by atoms with van der Waals surface area (Å²) in [6.45, 7) is 5.46. The predicted molar refractivity (Wildman–Crippen MR) is 66.3 cm³/mol. The zero-order valence-electron chi connectivity index (χ0n) is 9.95. The Morgan fingerprint density at radius 2 is 1.78 bits per heavy atom. The van der Waals surface area contributed by atoms with Gasteiger partial charge >= 0.3 is 0 Å². The van der Waals surface area contributed by atoms with Crippen LogP contribution in [0, 0.1) is 6.92 Å². The smallest absolute Gasteiger partial charge is 0.281 e. The number of halogens is 1. The molecule has 0 saturated heterocycles. The maximum Gasteiger partial charge on any atom is 0.281 e. The molecule has 1 rings (SSSR count). The first-order chi connectivity index (χ1) is 7.56. The van der Waals surface area contributed by atoms with Crippen LogP contribution in [0.1, 0.15) is 18.4 Å². The Labute approximate surface area is 129 Å². The van der Waals surface area contributed by atoms with Crippen LogP contribution >= 0.6 is 0 Å². The third kappa shape index (κ3) is 6.48. The van der Waals surface area contributed by atoms with Crippen molar-refractivity contribution in [3.63, 3.8) is 0 Å². The molecule has 0 radical (unpaired) electrons. The van der Waals surface area contributed by atoms with Gasteiger partial charge in [0, 0.05) is 27.3 Å². The van der Waals surface area contributed by atoms with Gasteiger partial charge in [-0.05, 0) is 31.9 Å². The third-order valence-electron chi connectivity index (χ3n) is 2.03. The summed E-state index contributed by atoms with van der Waals surface area (Å²) in [5, 5.41) is 0. The molecule has 1 aromatic rings.